The molecule has 0 bridgehead atoms. The SMILES string of the molecule is CNc1ccn(-c2ccnc3c2cc(CN2CC=C(c4c(C)cc(C(=O)O)cc4F)CC2)n3C)c(=O)c1. The highest BCUT2D eigenvalue weighted by Crippen LogP contribution is 2.30. The highest BCUT2D eigenvalue weighted by Gasteiger charge is 2.21. The first kappa shape index (κ1) is 24.5. The maximum Gasteiger partial charge on any atom is 0.335 e. The fourth-order valence-corrected chi connectivity index (χ4v) is 5.04. The molecule has 1 aliphatic rings. The Bertz CT molecular complexity index is 1600. The highest BCUT2D eigenvalue weighted by atomic mass is 19.1. The zero-order valence-corrected chi connectivity index (χ0v) is 21.0. The zero-order chi connectivity index (χ0) is 26.3. The molecule has 5 rings (SSSR count). The van der Waals surface area contributed by atoms with Crippen molar-refractivity contribution in [3.8, 4) is 5.69 Å². The van der Waals surface area contributed by atoms with Crippen LogP contribution in [0.2, 0.25) is 0 Å². The summed E-state index contributed by atoms with van der Waals surface area (Å²) in [5.74, 6) is -1.63. The fraction of sp³-hybridized carbons (Fsp3) is 0.250. The number of halogens is 1. The molecule has 190 valence electrons. The summed E-state index contributed by atoms with van der Waals surface area (Å²) in [4.78, 5) is 30.8. The van der Waals surface area contributed by atoms with Crippen molar-refractivity contribution in [1.29, 1.82) is 0 Å². The smallest absolute Gasteiger partial charge is 0.335 e. The van der Waals surface area contributed by atoms with Crippen LogP contribution in [-0.4, -0.2) is 50.2 Å². The number of nitrogens with zero attached hydrogens (tertiary/aromatic N) is 4. The number of hydrogen-bond acceptors (Lipinski definition) is 5. The summed E-state index contributed by atoms with van der Waals surface area (Å²) in [7, 11) is 3.74. The minimum atomic E-state index is -1.13. The standard InChI is InChI=1S/C28H28FN5O3/c1-17-12-19(28(36)37)13-23(29)26(17)18-5-9-33(10-6-18)16-21-15-22-24(4-8-31-27(22)32(21)3)34-11-7-20(30-2)14-25(34)35/h4-5,7-8,11-15,30H,6,9-10,16H2,1-3H3,(H,36,37). The van der Waals surface area contributed by atoms with Gasteiger partial charge in [0.15, 0.2) is 0 Å². The first-order valence-electron chi connectivity index (χ1n) is 12.1. The van der Waals surface area contributed by atoms with E-state index in [0.29, 0.717) is 30.6 Å². The van der Waals surface area contributed by atoms with Crippen molar-refractivity contribution in [1.82, 2.24) is 19.0 Å². The number of carboxylic acid groups (broad SMARTS) is 1. The van der Waals surface area contributed by atoms with Crippen molar-refractivity contribution in [3.63, 3.8) is 0 Å². The van der Waals surface area contributed by atoms with Crippen molar-refractivity contribution >= 4 is 28.3 Å². The summed E-state index contributed by atoms with van der Waals surface area (Å²) in [6.45, 7) is 3.79. The monoisotopic (exact) mass is 501 g/mol. The van der Waals surface area contributed by atoms with Gasteiger partial charge in [-0.1, -0.05) is 6.08 Å². The lowest BCUT2D eigenvalue weighted by atomic mass is 9.93. The fourth-order valence-electron chi connectivity index (χ4n) is 5.04. The molecule has 4 aromatic rings. The van der Waals surface area contributed by atoms with Crippen LogP contribution >= 0.6 is 0 Å². The first-order valence-corrected chi connectivity index (χ1v) is 12.1. The molecule has 2 N–H and O–H groups in total. The van der Waals surface area contributed by atoms with Gasteiger partial charge in [-0.3, -0.25) is 14.3 Å². The van der Waals surface area contributed by atoms with E-state index in [-0.39, 0.29) is 11.1 Å². The molecule has 0 aliphatic carbocycles. The highest BCUT2D eigenvalue weighted by molar-refractivity contribution is 5.89. The number of hydrogen-bond donors (Lipinski definition) is 2. The van der Waals surface area contributed by atoms with E-state index < -0.39 is 11.8 Å². The van der Waals surface area contributed by atoms with E-state index in [9.17, 15) is 19.1 Å². The maximum absolute atomic E-state index is 14.8. The Hall–Kier alpha value is -4.24. The van der Waals surface area contributed by atoms with Gasteiger partial charge in [-0.05, 0) is 54.8 Å². The van der Waals surface area contributed by atoms with Crippen molar-refractivity contribution in [3.05, 3.63) is 93.4 Å². The molecule has 3 aromatic heterocycles. The van der Waals surface area contributed by atoms with Crippen LogP contribution in [0.15, 0.2) is 59.7 Å². The van der Waals surface area contributed by atoms with Crippen LogP contribution in [0.1, 0.15) is 33.6 Å². The summed E-state index contributed by atoms with van der Waals surface area (Å²) in [5, 5.41) is 13.1. The molecule has 1 aliphatic heterocycles. The van der Waals surface area contributed by atoms with Gasteiger partial charge < -0.3 is 15.0 Å². The van der Waals surface area contributed by atoms with Crippen molar-refractivity contribution in [2.45, 2.75) is 19.9 Å². The summed E-state index contributed by atoms with van der Waals surface area (Å²) >= 11 is 0. The van der Waals surface area contributed by atoms with Crippen molar-refractivity contribution < 1.29 is 14.3 Å². The first-order chi connectivity index (χ1) is 17.8. The van der Waals surface area contributed by atoms with E-state index in [1.165, 1.54) is 6.07 Å². The molecular weight excluding hydrogens is 473 g/mol. The summed E-state index contributed by atoms with van der Waals surface area (Å²) in [5.41, 5.74) is 5.23. The van der Waals surface area contributed by atoms with Gasteiger partial charge in [0.25, 0.3) is 5.56 Å². The third kappa shape index (κ3) is 4.53. The normalized spacial score (nSPS) is 14.1. The van der Waals surface area contributed by atoms with Gasteiger partial charge in [0.05, 0.1) is 11.3 Å². The van der Waals surface area contributed by atoms with Crippen LogP contribution in [0, 0.1) is 12.7 Å². The average molecular weight is 502 g/mol. The molecule has 0 atom stereocenters. The van der Waals surface area contributed by atoms with E-state index in [2.05, 4.69) is 21.3 Å². The summed E-state index contributed by atoms with van der Waals surface area (Å²) in [6.07, 6.45) is 6.15. The van der Waals surface area contributed by atoms with Gasteiger partial charge in [-0.2, -0.15) is 0 Å². The second-order valence-electron chi connectivity index (χ2n) is 9.31. The number of rotatable bonds is 6. The Morgan fingerprint density at radius 3 is 2.68 bits per heavy atom. The lowest BCUT2D eigenvalue weighted by Crippen LogP contribution is -2.29. The molecule has 1 aromatic carbocycles. The minimum absolute atomic E-state index is 0.0409. The zero-order valence-electron chi connectivity index (χ0n) is 21.0. The van der Waals surface area contributed by atoms with E-state index in [1.54, 1.807) is 37.0 Å². The van der Waals surface area contributed by atoms with Gasteiger partial charge in [0, 0.05) is 74.5 Å². The molecule has 0 radical (unpaired) electrons. The molecule has 0 amide bonds. The number of aryl methyl sites for hydroxylation is 2. The lowest BCUT2D eigenvalue weighted by molar-refractivity contribution is 0.0696. The minimum Gasteiger partial charge on any atom is -0.478 e. The molecule has 4 heterocycles. The Morgan fingerprint density at radius 2 is 2.03 bits per heavy atom. The number of pyridine rings is 2. The Kier molecular flexibility index (Phi) is 6.39. The Labute approximate surface area is 213 Å². The molecule has 9 heteroatoms. The van der Waals surface area contributed by atoms with Crippen molar-refractivity contribution in [2.24, 2.45) is 7.05 Å². The van der Waals surface area contributed by atoms with Crippen LogP contribution in [0.5, 0.6) is 0 Å². The van der Waals surface area contributed by atoms with Crippen LogP contribution in [0.3, 0.4) is 0 Å². The van der Waals surface area contributed by atoms with Gasteiger partial charge in [0.2, 0.25) is 0 Å². The maximum atomic E-state index is 14.8. The largest absolute Gasteiger partial charge is 0.478 e. The van der Waals surface area contributed by atoms with Gasteiger partial charge in [-0.25, -0.2) is 14.2 Å². The summed E-state index contributed by atoms with van der Waals surface area (Å²) in [6, 6.07) is 9.95. The lowest BCUT2D eigenvalue weighted by Gasteiger charge is -2.27. The third-order valence-electron chi connectivity index (χ3n) is 7.01. The summed E-state index contributed by atoms with van der Waals surface area (Å²) < 4.78 is 18.4. The predicted molar refractivity (Wildman–Crippen MR) is 142 cm³/mol. The molecule has 0 spiro atoms. The number of fused-ring (bicyclic) bond motifs is 1. The third-order valence-corrected chi connectivity index (χ3v) is 7.01. The second kappa shape index (κ2) is 9.67. The Balaban J connectivity index is 1.40. The number of anilines is 1. The second-order valence-corrected chi connectivity index (χ2v) is 9.31. The van der Waals surface area contributed by atoms with E-state index in [0.717, 1.165) is 46.3 Å². The van der Waals surface area contributed by atoms with Crippen LogP contribution in [-0.2, 0) is 13.6 Å². The van der Waals surface area contributed by atoms with E-state index in [1.807, 2.05) is 29.8 Å². The number of carbonyl (C=O) groups is 1. The van der Waals surface area contributed by atoms with Crippen LogP contribution < -0.4 is 10.9 Å². The molecule has 8 nitrogen and oxygen atoms in total. The van der Waals surface area contributed by atoms with Gasteiger partial charge in [0.1, 0.15) is 11.5 Å². The van der Waals surface area contributed by atoms with Gasteiger partial charge in [-0.15, -0.1) is 0 Å². The molecule has 0 unspecified atom stereocenters. The van der Waals surface area contributed by atoms with E-state index >= 15 is 0 Å². The number of nitrogens with one attached hydrogen (secondary N) is 1. The van der Waals surface area contributed by atoms with Gasteiger partial charge >= 0.3 is 5.97 Å². The quantitative estimate of drug-likeness (QED) is 0.412. The molecule has 37 heavy (non-hydrogen) atoms. The number of aromatic nitrogens is 3. The number of carboxylic acids is 1. The molecule has 0 fully saturated rings. The van der Waals surface area contributed by atoms with E-state index in [4.69, 9.17) is 0 Å². The van der Waals surface area contributed by atoms with Crippen LogP contribution in [0.25, 0.3) is 22.3 Å². The van der Waals surface area contributed by atoms with Crippen molar-refractivity contribution in [2.75, 3.05) is 25.5 Å². The molecule has 0 saturated carbocycles. The number of aromatic carboxylic acids is 1. The Morgan fingerprint density at radius 1 is 1.22 bits per heavy atom. The number of benzene rings is 1. The predicted octanol–water partition coefficient (Wildman–Crippen LogP) is 4.20. The molecular formula is C28H28FN5O3. The van der Waals surface area contributed by atoms with Crippen LogP contribution in [0.4, 0.5) is 10.1 Å². The average Bonchev–Trinajstić information content (AvgIpc) is 3.19. The topological polar surface area (TPSA) is 92.4 Å². The molecule has 0 saturated heterocycles.